The van der Waals surface area contributed by atoms with Crippen LogP contribution >= 0.6 is 0 Å². The Morgan fingerprint density at radius 3 is 2.32 bits per heavy atom. The van der Waals surface area contributed by atoms with Gasteiger partial charge in [-0.1, -0.05) is 65.0 Å². The lowest BCUT2D eigenvalue weighted by Gasteiger charge is -2.21. The predicted octanol–water partition coefficient (Wildman–Crippen LogP) is 4.23. The minimum Gasteiger partial charge on any atom is -0.464 e. The zero-order valence-corrected chi connectivity index (χ0v) is 15.8. The van der Waals surface area contributed by atoms with Crippen molar-refractivity contribution in [3.63, 3.8) is 0 Å². The van der Waals surface area contributed by atoms with Crippen LogP contribution in [0.5, 0.6) is 0 Å². The van der Waals surface area contributed by atoms with Gasteiger partial charge in [0.25, 0.3) is 5.91 Å². The summed E-state index contributed by atoms with van der Waals surface area (Å²) in [6.45, 7) is 6.77. The Bertz CT molecular complexity index is 566. The SMILES string of the molecule is CC(C)(C)c1ccc(C(=O)NCC(=O)OCCC2CCCCC2)cc1. The summed E-state index contributed by atoms with van der Waals surface area (Å²) >= 11 is 0. The minimum absolute atomic E-state index is 0.0527. The van der Waals surface area contributed by atoms with Gasteiger partial charge in [-0.3, -0.25) is 9.59 Å². The highest BCUT2D eigenvalue weighted by Crippen LogP contribution is 2.26. The van der Waals surface area contributed by atoms with E-state index in [1.165, 1.54) is 37.7 Å². The van der Waals surface area contributed by atoms with E-state index in [9.17, 15) is 9.59 Å². The lowest BCUT2D eigenvalue weighted by atomic mass is 9.87. The number of hydrogen-bond donors (Lipinski definition) is 1. The van der Waals surface area contributed by atoms with E-state index >= 15 is 0 Å². The maximum atomic E-state index is 12.1. The molecule has 4 nitrogen and oxygen atoms in total. The largest absolute Gasteiger partial charge is 0.464 e. The van der Waals surface area contributed by atoms with Crippen LogP contribution < -0.4 is 5.32 Å². The number of hydrogen-bond acceptors (Lipinski definition) is 3. The van der Waals surface area contributed by atoms with Crippen molar-refractivity contribution in [1.82, 2.24) is 5.32 Å². The van der Waals surface area contributed by atoms with Crippen LogP contribution in [0.1, 0.15) is 75.2 Å². The molecule has 0 aromatic heterocycles. The fourth-order valence-electron chi connectivity index (χ4n) is 3.24. The molecule has 0 radical (unpaired) electrons. The van der Waals surface area contributed by atoms with Gasteiger partial charge in [-0.05, 0) is 35.4 Å². The number of ether oxygens (including phenoxy) is 1. The Kier molecular flexibility index (Phi) is 7.03. The summed E-state index contributed by atoms with van der Waals surface area (Å²) in [4.78, 5) is 23.9. The Hall–Kier alpha value is -1.84. The van der Waals surface area contributed by atoms with E-state index in [0.29, 0.717) is 18.1 Å². The maximum Gasteiger partial charge on any atom is 0.325 e. The van der Waals surface area contributed by atoms with Gasteiger partial charge in [0, 0.05) is 5.56 Å². The number of carbonyl (C=O) groups is 2. The van der Waals surface area contributed by atoms with Gasteiger partial charge in [0.15, 0.2) is 0 Å². The molecule has 1 saturated carbocycles. The molecule has 1 fully saturated rings. The molecule has 0 spiro atoms. The summed E-state index contributed by atoms with van der Waals surface area (Å²) in [7, 11) is 0. The van der Waals surface area contributed by atoms with Gasteiger partial charge in [0.2, 0.25) is 0 Å². The van der Waals surface area contributed by atoms with E-state index in [4.69, 9.17) is 4.74 Å². The molecule has 0 saturated heterocycles. The minimum atomic E-state index is -0.365. The topological polar surface area (TPSA) is 55.4 Å². The smallest absolute Gasteiger partial charge is 0.325 e. The van der Waals surface area contributed by atoms with Crippen molar-refractivity contribution in [3.05, 3.63) is 35.4 Å². The van der Waals surface area contributed by atoms with Gasteiger partial charge >= 0.3 is 5.97 Å². The first-order chi connectivity index (χ1) is 11.9. The monoisotopic (exact) mass is 345 g/mol. The molecule has 0 bridgehead atoms. The second-order valence-corrected chi connectivity index (χ2v) is 8.02. The van der Waals surface area contributed by atoms with E-state index in [1.807, 2.05) is 12.1 Å². The molecule has 1 aliphatic rings. The Morgan fingerprint density at radius 2 is 1.72 bits per heavy atom. The zero-order valence-electron chi connectivity index (χ0n) is 15.8. The number of nitrogens with one attached hydrogen (secondary N) is 1. The first-order valence-electron chi connectivity index (χ1n) is 9.40. The number of amides is 1. The fourth-order valence-corrected chi connectivity index (χ4v) is 3.24. The van der Waals surface area contributed by atoms with Gasteiger partial charge in [0.1, 0.15) is 6.54 Å². The lowest BCUT2D eigenvalue weighted by Crippen LogP contribution is -2.31. The first-order valence-corrected chi connectivity index (χ1v) is 9.40. The van der Waals surface area contributed by atoms with Crippen LogP contribution in [0, 0.1) is 5.92 Å². The Morgan fingerprint density at radius 1 is 1.08 bits per heavy atom. The van der Waals surface area contributed by atoms with Gasteiger partial charge in [-0.2, -0.15) is 0 Å². The van der Waals surface area contributed by atoms with Crippen molar-refractivity contribution in [2.24, 2.45) is 5.92 Å². The van der Waals surface area contributed by atoms with Crippen molar-refractivity contribution < 1.29 is 14.3 Å². The molecule has 138 valence electrons. The van der Waals surface area contributed by atoms with Gasteiger partial charge in [-0.15, -0.1) is 0 Å². The summed E-state index contributed by atoms with van der Waals surface area (Å²) < 4.78 is 5.24. The summed E-state index contributed by atoms with van der Waals surface area (Å²) in [6, 6.07) is 7.50. The molecule has 1 aliphatic carbocycles. The first kappa shape index (κ1) is 19.5. The van der Waals surface area contributed by atoms with Crippen LogP contribution in [0.2, 0.25) is 0 Å². The van der Waals surface area contributed by atoms with E-state index in [1.54, 1.807) is 12.1 Å². The standard InChI is InChI=1S/C21H31NO3/c1-21(2,3)18-11-9-17(10-12-18)20(24)22-15-19(23)25-14-13-16-7-5-4-6-8-16/h9-12,16H,4-8,13-15H2,1-3H3,(H,22,24). The van der Waals surface area contributed by atoms with Crippen molar-refractivity contribution in [2.45, 2.75) is 64.7 Å². The third-order valence-corrected chi connectivity index (χ3v) is 4.92. The average Bonchev–Trinajstić information content (AvgIpc) is 2.60. The molecule has 1 amide bonds. The molecule has 4 heteroatoms. The van der Waals surface area contributed by atoms with Crippen LogP contribution in [-0.2, 0) is 14.9 Å². The number of esters is 1. The van der Waals surface area contributed by atoms with Gasteiger partial charge < -0.3 is 10.1 Å². The molecular formula is C21H31NO3. The fraction of sp³-hybridized carbons (Fsp3) is 0.619. The summed E-state index contributed by atoms with van der Waals surface area (Å²) in [5.74, 6) is 0.0811. The highest BCUT2D eigenvalue weighted by molar-refractivity contribution is 5.95. The van der Waals surface area contributed by atoms with E-state index in [0.717, 1.165) is 6.42 Å². The van der Waals surface area contributed by atoms with Crippen LogP contribution in [0.25, 0.3) is 0 Å². The summed E-state index contributed by atoms with van der Waals surface area (Å²) in [6.07, 6.45) is 7.36. The van der Waals surface area contributed by atoms with E-state index in [-0.39, 0.29) is 23.8 Å². The molecule has 0 aliphatic heterocycles. The molecule has 0 atom stereocenters. The van der Waals surface area contributed by atoms with Crippen LogP contribution in [0.3, 0.4) is 0 Å². The number of rotatable bonds is 6. The highest BCUT2D eigenvalue weighted by atomic mass is 16.5. The lowest BCUT2D eigenvalue weighted by molar-refractivity contribution is -0.142. The highest BCUT2D eigenvalue weighted by Gasteiger charge is 2.16. The normalized spacial score (nSPS) is 15.6. The molecule has 0 unspecified atom stereocenters. The van der Waals surface area contributed by atoms with E-state index < -0.39 is 0 Å². The van der Waals surface area contributed by atoms with Crippen molar-refractivity contribution in [1.29, 1.82) is 0 Å². The van der Waals surface area contributed by atoms with Crippen molar-refractivity contribution >= 4 is 11.9 Å². The predicted molar refractivity (Wildman–Crippen MR) is 99.6 cm³/mol. The van der Waals surface area contributed by atoms with Gasteiger partial charge in [-0.25, -0.2) is 0 Å². The third kappa shape index (κ3) is 6.52. The zero-order chi connectivity index (χ0) is 18.3. The molecule has 2 rings (SSSR count). The molecule has 1 N–H and O–H groups in total. The van der Waals surface area contributed by atoms with Crippen molar-refractivity contribution in [2.75, 3.05) is 13.2 Å². The second kappa shape index (κ2) is 9.02. The quantitative estimate of drug-likeness (QED) is 0.785. The second-order valence-electron chi connectivity index (χ2n) is 8.02. The molecular weight excluding hydrogens is 314 g/mol. The number of carbonyl (C=O) groups excluding carboxylic acids is 2. The Labute approximate surface area is 151 Å². The molecule has 1 aromatic carbocycles. The summed E-state index contributed by atoms with van der Waals surface area (Å²) in [5.41, 5.74) is 1.78. The molecule has 25 heavy (non-hydrogen) atoms. The van der Waals surface area contributed by atoms with Crippen molar-refractivity contribution in [3.8, 4) is 0 Å². The average molecular weight is 345 g/mol. The third-order valence-electron chi connectivity index (χ3n) is 4.92. The van der Waals surface area contributed by atoms with Crippen LogP contribution in [-0.4, -0.2) is 25.0 Å². The maximum absolute atomic E-state index is 12.1. The molecule has 0 heterocycles. The summed E-state index contributed by atoms with van der Waals surface area (Å²) in [5, 5.41) is 2.63. The Balaban J connectivity index is 1.69. The molecule has 1 aromatic rings. The van der Waals surface area contributed by atoms with Crippen LogP contribution in [0.4, 0.5) is 0 Å². The van der Waals surface area contributed by atoms with Crippen LogP contribution in [0.15, 0.2) is 24.3 Å². The van der Waals surface area contributed by atoms with Gasteiger partial charge in [0.05, 0.1) is 6.61 Å². The van der Waals surface area contributed by atoms with E-state index in [2.05, 4.69) is 26.1 Å². The number of benzene rings is 1.